The number of carboxylic acids is 1. The number of thioether (sulfide) groups is 1. The van der Waals surface area contributed by atoms with E-state index in [1.807, 2.05) is 24.3 Å². The van der Waals surface area contributed by atoms with E-state index in [1.54, 1.807) is 18.8 Å². The van der Waals surface area contributed by atoms with Crippen LogP contribution in [0.3, 0.4) is 0 Å². The lowest BCUT2D eigenvalue weighted by Gasteiger charge is -2.23. The third-order valence-electron chi connectivity index (χ3n) is 3.49. The fourth-order valence-electron chi connectivity index (χ4n) is 2.35. The van der Waals surface area contributed by atoms with Gasteiger partial charge in [0.2, 0.25) is 0 Å². The highest BCUT2D eigenvalue weighted by Gasteiger charge is 2.44. The Hall–Kier alpha value is -0.710. The molecule has 98 valence electrons. The topological polar surface area (TPSA) is 49.3 Å². The second kappa shape index (κ2) is 5.51. The van der Waals surface area contributed by atoms with E-state index in [1.165, 1.54) is 0 Å². The molecule has 1 aliphatic carbocycles. The Labute approximate surface area is 116 Å². The summed E-state index contributed by atoms with van der Waals surface area (Å²) in [4.78, 5) is 12.4. The van der Waals surface area contributed by atoms with Gasteiger partial charge in [-0.1, -0.05) is 23.7 Å². The van der Waals surface area contributed by atoms with Crippen LogP contribution < -0.4 is 5.32 Å². The molecule has 2 atom stereocenters. The van der Waals surface area contributed by atoms with Gasteiger partial charge in [-0.05, 0) is 38.4 Å². The molecule has 0 bridgehead atoms. The highest BCUT2D eigenvalue weighted by molar-refractivity contribution is 8.00. The average molecular weight is 286 g/mol. The third-order valence-corrected chi connectivity index (χ3v) is 5.27. The smallest absolute Gasteiger partial charge is 0.323 e. The number of carboxylic acid groups (broad SMARTS) is 1. The number of benzene rings is 1. The van der Waals surface area contributed by atoms with Crippen LogP contribution in [0, 0.1) is 0 Å². The fraction of sp³-hybridized carbons (Fsp3) is 0.462. The summed E-state index contributed by atoms with van der Waals surface area (Å²) in [5, 5.41) is 13.3. The molecule has 0 saturated heterocycles. The van der Waals surface area contributed by atoms with Gasteiger partial charge in [-0.3, -0.25) is 4.79 Å². The van der Waals surface area contributed by atoms with E-state index in [4.69, 9.17) is 11.6 Å². The van der Waals surface area contributed by atoms with Gasteiger partial charge in [0.1, 0.15) is 5.54 Å². The molecule has 1 saturated carbocycles. The summed E-state index contributed by atoms with van der Waals surface area (Å²) in [5.74, 6) is -0.757. The summed E-state index contributed by atoms with van der Waals surface area (Å²) >= 11 is 7.80. The summed E-state index contributed by atoms with van der Waals surface area (Å²) in [5.41, 5.74) is -0.765. The Kier molecular flexibility index (Phi) is 4.20. The van der Waals surface area contributed by atoms with Crippen molar-refractivity contribution in [3.63, 3.8) is 0 Å². The maximum Gasteiger partial charge on any atom is 0.323 e. The van der Waals surface area contributed by atoms with Crippen LogP contribution in [0.4, 0.5) is 0 Å². The predicted molar refractivity (Wildman–Crippen MR) is 74.4 cm³/mol. The van der Waals surface area contributed by atoms with Crippen molar-refractivity contribution in [2.24, 2.45) is 0 Å². The molecule has 0 radical (unpaired) electrons. The van der Waals surface area contributed by atoms with Crippen molar-refractivity contribution < 1.29 is 9.90 Å². The summed E-state index contributed by atoms with van der Waals surface area (Å²) < 4.78 is 0. The number of likely N-dealkylation sites (N-methyl/N-ethyl adjacent to an activating group) is 1. The van der Waals surface area contributed by atoms with Gasteiger partial charge in [0, 0.05) is 10.1 Å². The first-order chi connectivity index (χ1) is 8.57. The van der Waals surface area contributed by atoms with E-state index < -0.39 is 11.5 Å². The van der Waals surface area contributed by atoms with E-state index in [9.17, 15) is 9.90 Å². The zero-order valence-corrected chi connectivity index (χ0v) is 11.7. The molecule has 3 nitrogen and oxygen atoms in total. The number of aliphatic carboxylic acids is 1. The van der Waals surface area contributed by atoms with Crippen molar-refractivity contribution in [1.82, 2.24) is 5.32 Å². The largest absolute Gasteiger partial charge is 0.480 e. The highest BCUT2D eigenvalue weighted by Crippen LogP contribution is 2.42. The van der Waals surface area contributed by atoms with Gasteiger partial charge >= 0.3 is 5.97 Å². The number of halogens is 1. The summed E-state index contributed by atoms with van der Waals surface area (Å²) in [7, 11) is 1.72. The SMILES string of the molecule is CNC1(C(=O)O)CCC(Sc2ccccc2Cl)C1. The number of hydrogen-bond donors (Lipinski definition) is 2. The van der Waals surface area contributed by atoms with Gasteiger partial charge < -0.3 is 10.4 Å². The Morgan fingerprint density at radius 1 is 1.56 bits per heavy atom. The zero-order chi connectivity index (χ0) is 13.2. The molecule has 1 fully saturated rings. The maximum absolute atomic E-state index is 11.3. The first-order valence-corrected chi connectivity index (χ1v) is 7.17. The molecule has 0 heterocycles. The van der Waals surface area contributed by atoms with E-state index >= 15 is 0 Å². The lowest BCUT2D eigenvalue weighted by molar-refractivity contribution is -0.144. The molecule has 18 heavy (non-hydrogen) atoms. The predicted octanol–water partition coefficient (Wildman–Crippen LogP) is 3.03. The molecule has 0 amide bonds. The van der Waals surface area contributed by atoms with Gasteiger partial charge in [0.05, 0.1) is 5.02 Å². The summed E-state index contributed by atoms with van der Waals surface area (Å²) in [6, 6.07) is 7.69. The van der Waals surface area contributed by atoms with Crippen molar-refractivity contribution in [1.29, 1.82) is 0 Å². The fourth-order valence-corrected chi connectivity index (χ4v) is 3.92. The third kappa shape index (κ3) is 2.66. The minimum Gasteiger partial charge on any atom is -0.480 e. The molecular formula is C13H16ClNO2S. The Morgan fingerprint density at radius 3 is 2.83 bits per heavy atom. The van der Waals surface area contributed by atoms with Crippen LogP contribution in [-0.2, 0) is 4.79 Å². The minimum atomic E-state index is -0.765. The van der Waals surface area contributed by atoms with Gasteiger partial charge in [0.25, 0.3) is 0 Å². The minimum absolute atomic E-state index is 0.299. The number of hydrogen-bond acceptors (Lipinski definition) is 3. The Morgan fingerprint density at radius 2 is 2.28 bits per heavy atom. The molecule has 0 aliphatic heterocycles. The van der Waals surface area contributed by atoms with Gasteiger partial charge in [-0.2, -0.15) is 0 Å². The highest BCUT2D eigenvalue weighted by atomic mass is 35.5. The molecule has 0 spiro atoms. The number of carbonyl (C=O) groups is 1. The maximum atomic E-state index is 11.3. The average Bonchev–Trinajstić information content (AvgIpc) is 2.77. The van der Waals surface area contributed by atoms with Crippen molar-refractivity contribution in [3.8, 4) is 0 Å². The molecule has 1 aromatic rings. The first-order valence-electron chi connectivity index (χ1n) is 5.91. The second-order valence-electron chi connectivity index (χ2n) is 4.55. The lowest BCUT2D eigenvalue weighted by Crippen LogP contribution is -2.48. The van der Waals surface area contributed by atoms with Crippen LogP contribution in [0.15, 0.2) is 29.2 Å². The van der Waals surface area contributed by atoms with Crippen LogP contribution >= 0.6 is 23.4 Å². The second-order valence-corrected chi connectivity index (χ2v) is 6.30. The van der Waals surface area contributed by atoms with Gasteiger partial charge in [-0.15, -0.1) is 11.8 Å². The van der Waals surface area contributed by atoms with E-state index in [-0.39, 0.29) is 0 Å². The molecule has 1 aliphatic rings. The molecule has 2 N–H and O–H groups in total. The first kappa shape index (κ1) is 13.7. The van der Waals surface area contributed by atoms with Crippen LogP contribution in [0.1, 0.15) is 19.3 Å². The van der Waals surface area contributed by atoms with E-state index in [0.29, 0.717) is 18.1 Å². The van der Waals surface area contributed by atoms with Crippen LogP contribution in [0.25, 0.3) is 0 Å². The number of rotatable bonds is 4. The van der Waals surface area contributed by atoms with Gasteiger partial charge in [0.15, 0.2) is 0 Å². The summed E-state index contributed by atoms with van der Waals surface area (Å²) in [6.07, 6.45) is 2.19. The molecule has 2 unspecified atom stereocenters. The van der Waals surface area contributed by atoms with E-state index in [2.05, 4.69) is 5.32 Å². The van der Waals surface area contributed by atoms with Gasteiger partial charge in [-0.25, -0.2) is 0 Å². The summed E-state index contributed by atoms with van der Waals surface area (Å²) in [6.45, 7) is 0. The van der Waals surface area contributed by atoms with Crippen LogP contribution in [0.5, 0.6) is 0 Å². The number of nitrogens with one attached hydrogen (secondary N) is 1. The normalized spacial score (nSPS) is 27.3. The quantitative estimate of drug-likeness (QED) is 0.893. The van der Waals surface area contributed by atoms with Crippen LogP contribution in [-0.4, -0.2) is 28.9 Å². The molecule has 0 aromatic heterocycles. The van der Waals surface area contributed by atoms with Crippen molar-refractivity contribution >= 4 is 29.3 Å². The van der Waals surface area contributed by atoms with Crippen molar-refractivity contribution in [2.45, 2.75) is 34.9 Å². The molecule has 2 rings (SSSR count). The van der Waals surface area contributed by atoms with Crippen LogP contribution in [0.2, 0.25) is 5.02 Å². The standard InChI is InChI=1S/C13H16ClNO2S/c1-15-13(12(16)17)7-6-9(8-13)18-11-5-3-2-4-10(11)14/h2-5,9,15H,6-8H2,1H3,(H,16,17). The Balaban J connectivity index is 2.06. The molecule has 1 aromatic carbocycles. The molecular weight excluding hydrogens is 270 g/mol. The van der Waals surface area contributed by atoms with E-state index in [0.717, 1.165) is 16.3 Å². The zero-order valence-electron chi connectivity index (χ0n) is 10.1. The molecule has 5 heteroatoms. The monoisotopic (exact) mass is 285 g/mol. The van der Waals surface area contributed by atoms with Crippen molar-refractivity contribution in [3.05, 3.63) is 29.3 Å². The lowest BCUT2D eigenvalue weighted by atomic mass is 9.99. The van der Waals surface area contributed by atoms with Crippen molar-refractivity contribution in [2.75, 3.05) is 7.05 Å². The Bertz CT molecular complexity index is 454.